The number of amides is 1. The van der Waals surface area contributed by atoms with Crippen molar-refractivity contribution in [1.29, 1.82) is 0 Å². The number of nitrogens with zero attached hydrogens (tertiary/aromatic N) is 1. The second-order valence-corrected chi connectivity index (χ2v) is 13.2. The Morgan fingerprint density at radius 3 is 2.08 bits per heavy atom. The molecule has 7 heteroatoms. The zero-order valence-corrected chi connectivity index (χ0v) is 28.4. The SMILES string of the molecule is COc1cc([C@@H]2C3=C(C[C@@H](c4ccc(C(C)(C)C)cc4)CC3=O)Nc3ccccc3N2C(=O)/C=C/c2ccccc2)cc(OC)c1OC. The molecule has 4 aromatic carbocycles. The average Bonchev–Trinajstić information content (AvgIpc) is 3.25. The minimum absolute atomic E-state index is 0.0225. The lowest BCUT2D eigenvalue weighted by atomic mass is 9.77. The number of hydrogen-bond acceptors (Lipinski definition) is 6. The monoisotopic (exact) mass is 642 g/mol. The lowest BCUT2D eigenvalue weighted by molar-refractivity contribution is -0.116. The Kier molecular flexibility index (Phi) is 9.13. The Morgan fingerprint density at radius 1 is 0.812 bits per heavy atom. The lowest BCUT2D eigenvalue weighted by Gasteiger charge is -2.35. The van der Waals surface area contributed by atoms with Crippen molar-refractivity contribution in [3.05, 3.63) is 131 Å². The second-order valence-electron chi connectivity index (χ2n) is 13.2. The number of methoxy groups -OCH3 is 3. The molecule has 0 radical (unpaired) electrons. The fourth-order valence-corrected chi connectivity index (χ4v) is 6.71. The fraction of sp³-hybridized carbons (Fsp3) is 0.268. The summed E-state index contributed by atoms with van der Waals surface area (Å²) in [4.78, 5) is 30.7. The van der Waals surface area contributed by atoms with Gasteiger partial charge in [0.1, 0.15) is 0 Å². The number of carbonyl (C=O) groups excluding carboxylic acids is 2. The number of carbonyl (C=O) groups is 2. The average molecular weight is 643 g/mol. The summed E-state index contributed by atoms with van der Waals surface area (Å²) >= 11 is 0. The van der Waals surface area contributed by atoms with Crippen molar-refractivity contribution in [2.45, 2.75) is 51.0 Å². The van der Waals surface area contributed by atoms with Crippen LogP contribution in [0, 0.1) is 0 Å². The van der Waals surface area contributed by atoms with E-state index in [-0.39, 0.29) is 23.0 Å². The molecule has 2 atom stereocenters. The summed E-state index contributed by atoms with van der Waals surface area (Å²) in [7, 11) is 4.67. The van der Waals surface area contributed by atoms with E-state index in [0.29, 0.717) is 46.9 Å². The molecule has 1 N–H and O–H groups in total. The lowest BCUT2D eigenvalue weighted by Crippen LogP contribution is -2.37. The number of allylic oxidation sites excluding steroid dienone is 1. The molecule has 0 saturated heterocycles. The molecule has 0 fully saturated rings. The van der Waals surface area contributed by atoms with E-state index >= 15 is 0 Å². The van der Waals surface area contributed by atoms with Gasteiger partial charge in [0.25, 0.3) is 5.91 Å². The Labute approximate surface area is 282 Å². The van der Waals surface area contributed by atoms with E-state index in [2.05, 4.69) is 50.4 Å². The molecule has 246 valence electrons. The van der Waals surface area contributed by atoms with Crippen LogP contribution in [0.25, 0.3) is 6.08 Å². The van der Waals surface area contributed by atoms with Crippen LogP contribution in [0.15, 0.2) is 108 Å². The number of ketones is 1. The highest BCUT2D eigenvalue weighted by atomic mass is 16.5. The molecule has 6 rings (SSSR count). The summed E-state index contributed by atoms with van der Waals surface area (Å²) in [5, 5.41) is 3.62. The molecule has 1 aliphatic carbocycles. The molecule has 1 amide bonds. The third-order valence-electron chi connectivity index (χ3n) is 9.19. The van der Waals surface area contributed by atoms with Gasteiger partial charge in [-0.05, 0) is 70.3 Å². The van der Waals surface area contributed by atoms with Crippen molar-refractivity contribution in [1.82, 2.24) is 0 Å². The van der Waals surface area contributed by atoms with E-state index in [1.807, 2.05) is 66.7 Å². The first-order chi connectivity index (χ1) is 23.1. The topological polar surface area (TPSA) is 77.1 Å². The van der Waals surface area contributed by atoms with Crippen LogP contribution in [-0.2, 0) is 15.0 Å². The third-order valence-corrected chi connectivity index (χ3v) is 9.19. The van der Waals surface area contributed by atoms with Gasteiger partial charge >= 0.3 is 0 Å². The zero-order valence-electron chi connectivity index (χ0n) is 28.4. The molecule has 48 heavy (non-hydrogen) atoms. The van der Waals surface area contributed by atoms with E-state index < -0.39 is 6.04 Å². The Morgan fingerprint density at radius 2 is 1.46 bits per heavy atom. The number of hydrogen-bond donors (Lipinski definition) is 1. The molecule has 0 spiro atoms. The highest BCUT2D eigenvalue weighted by Crippen LogP contribution is 2.50. The van der Waals surface area contributed by atoms with Crippen LogP contribution < -0.4 is 24.4 Å². The number of rotatable bonds is 7. The van der Waals surface area contributed by atoms with Gasteiger partial charge in [-0.15, -0.1) is 0 Å². The van der Waals surface area contributed by atoms with Crippen LogP contribution in [0.2, 0.25) is 0 Å². The van der Waals surface area contributed by atoms with E-state index in [0.717, 1.165) is 22.5 Å². The van der Waals surface area contributed by atoms with Gasteiger partial charge < -0.3 is 19.5 Å². The first-order valence-corrected chi connectivity index (χ1v) is 16.2. The van der Waals surface area contributed by atoms with Crippen LogP contribution in [-0.4, -0.2) is 33.0 Å². The number of ether oxygens (including phenoxy) is 3. The minimum atomic E-state index is -0.783. The smallest absolute Gasteiger partial charge is 0.251 e. The molecule has 7 nitrogen and oxygen atoms in total. The number of Topliss-reactive ketones (excluding diaryl/α,β-unsaturated/α-hetero) is 1. The number of anilines is 2. The third kappa shape index (κ3) is 6.33. The normalized spacial score (nSPS) is 17.7. The molecular weight excluding hydrogens is 600 g/mol. The predicted octanol–water partition coefficient (Wildman–Crippen LogP) is 8.62. The van der Waals surface area contributed by atoms with Crippen molar-refractivity contribution >= 4 is 29.1 Å². The number of nitrogens with one attached hydrogen (secondary N) is 1. The van der Waals surface area contributed by atoms with Crippen molar-refractivity contribution in [2.24, 2.45) is 0 Å². The predicted molar refractivity (Wildman–Crippen MR) is 191 cm³/mol. The van der Waals surface area contributed by atoms with Crippen molar-refractivity contribution in [3.8, 4) is 17.2 Å². The fourth-order valence-electron chi connectivity index (χ4n) is 6.71. The maximum absolute atomic E-state index is 14.6. The van der Waals surface area contributed by atoms with Gasteiger partial charge in [0.15, 0.2) is 17.3 Å². The first-order valence-electron chi connectivity index (χ1n) is 16.2. The van der Waals surface area contributed by atoms with E-state index in [9.17, 15) is 9.59 Å². The first kappa shape index (κ1) is 32.6. The van der Waals surface area contributed by atoms with Crippen molar-refractivity contribution in [3.63, 3.8) is 0 Å². The van der Waals surface area contributed by atoms with Gasteiger partial charge in [-0.1, -0.05) is 87.5 Å². The van der Waals surface area contributed by atoms with Crippen LogP contribution in [0.4, 0.5) is 11.4 Å². The maximum atomic E-state index is 14.6. The molecule has 4 aromatic rings. The summed E-state index contributed by atoms with van der Waals surface area (Å²) in [6.07, 6.45) is 4.28. The molecule has 0 unspecified atom stereocenters. The highest BCUT2D eigenvalue weighted by Gasteiger charge is 2.42. The number of benzene rings is 4. The van der Waals surface area contributed by atoms with Gasteiger partial charge in [-0.25, -0.2) is 0 Å². The molecule has 0 aromatic heterocycles. The van der Waals surface area contributed by atoms with Crippen LogP contribution >= 0.6 is 0 Å². The van der Waals surface area contributed by atoms with Gasteiger partial charge in [-0.3, -0.25) is 14.5 Å². The minimum Gasteiger partial charge on any atom is -0.493 e. The second kappa shape index (κ2) is 13.4. The Bertz CT molecular complexity index is 1860. The summed E-state index contributed by atoms with van der Waals surface area (Å²) < 4.78 is 17.1. The zero-order chi connectivity index (χ0) is 34.0. The summed E-state index contributed by atoms with van der Waals surface area (Å²) in [6, 6.07) is 28.9. The molecule has 2 aliphatic rings. The van der Waals surface area contributed by atoms with Crippen molar-refractivity contribution < 1.29 is 23.8 Å². The largest absolute Gasteiger partial charge is 0.493 e. The van der Waals surface area contributed by atoms with Crippen molar-refractivity contribution in [2.75, 3.05) is 31.5 Å². The molecule has 1 heterocycles. The van der Waals surface area contributed by atoms with Crippen LogP contribution in [0.5, 0.6) is 17.2 Å². The summed E-state index contributed by atoms with van der Waals surface area (Å²) in [6.45, 7) is 6.59. The Hall–Kier alpha value is -5.30. The van der Waals surface area contributed by atoms with E-state index in [1.165, 1.54) is 5.56 Å². The van der Waals surface area contributed by atoms with E-state index in [1.54, 1.807) is 38.4 Å². The summed E-state index contributed by atoms with van der Waals surface area (Å²) in [5.74, 6) is 0.989. The maximum Gasteiger partial charge on any atom is 0.251 e. The molecule has 1 aliphatic heterocycles. The molecule has 0 saturated carbocycles. The van der Waals surface area contributed by atoms with E-state index in [4.69, 9.17) is 14.2 Å². The van der Waals surface area contributed by atoms with Crippen LogP contribution in [0.3, 0.4) is 0 Å². The standard InChI is InChI=1S/C41H42N2O5/c1-41(2,3)30-19-17-27(18-20-30)28-22-32-38(34(44)23-28)39(29-24-35(46-4)40(48-6)36(25-29)47-5)43(33-15-11-10-14-31(33)42-32)37(45)21-16-26-12-8-7-9-13-26/h7-21,24-25,28,39,42H,22-23H2,1-6H3/b21-16+/t28-,39-/m1/s1. The number of para-hydroxylation sites is 2. The van der Waals surface area contributed by atoms with Crippen LogP contribution in [0.1, 0.15) is 67.8 Å². The Balaban J connectivity index is 1.54. The molecule has 0 bridgehead atoms. The van der Waals surface area contributed by atoms with Gasteiger partial charge in [-0.2, -0.15) is 0 Å². The molecular formula is C41H42N2O5. The highest BCUT2D eigenvalue weighted by molar-refractivity contribution is 6.10. The van der Waals surface area contributed by atoms with Gasteiger partial charge in [0.05, 0.1) is 38.7 Å². The van der Waals surface area contributed by atoms with Gasteiger partial charge in [0, 0.05) is 23.8 Å². The number of fused-ring (bicyclic) bond motifs is 1. The quantitative estimate of drug-likeness (QED) is 0.204. The summed E-state index contributed by atoms with van der Waals surface area (Å²) in [5.41, 5.74) is 6.70. The van der Waals surface area contributed by atoms with Gasteiger partial charge in [0.2, 0.25) is 5.75 Å².